The molecule has 0 aromatic carbocycles. The summed E-state index contributed by atoms with van der Waals surface area (Å²) in [7, 11) is 1.98. The molecule has 4 nitrogen and oxygen atoms in total. The van der Waals surface area contributed by atoms with Gasteiger partial charge in [0.25, 0.3) is 5.91 Å². The summed E-state index contributed by atoms with van der Waals surface area (Å²) in [6.07, 6.45) is 4.78. The van der Waals surface area contributed by atoms with Crippen LogP contribution in [0.25, 0.3) is 0 Å². The molecule has 3 rings (SSSR count). The summed E-state index contributed by atoms with van der Waals surface area (Å²) in [5.41, 5.74) is 3.29. The predicted molar refractivity (Wildman–Crippen MR) is 80.2 cm³/mol. The standard InChI is InChI=1S/C16H25N3O/c1-11-9-15(12(2)19(11)14-6-7-14)16(20)18-8-4-5-13(10-18)17-3/h9,13-14,17H,4-8,10H2,1-3H3/t13-/m0/s1. The van der Waals surface area contributed by atoms with Gasteiger partial charge < -0.3 is 14.8 Å². The average molecular weight is 275 g/mol. The summed E-state index contributed by atoms with van der Waals surface area (Å²) >= 11 is 0. The minimum atomic E-state index is 0.213. The average Bonchev–Trinajstić information content (AvgIpc) is 3.24. The number of carbonyl (C=O) groups excluding carboxylic acids is 1. The van der Waals surface area contributed by atoms with E-state index in [0.717, 1.165) is 30.8 Å². The molecule has 0 unspecified atom stereocenters. The third-order valence-electron chi connectivity index (χ3n) is 4.74. The molecule has 0 spiro atoms. The number of likely N-dealkylation sites (N-methyl/N-ethyl adjacent to an activating group) is 1. The molecular weight excluding hydrogens is 250 g/mol. The van der Waals surface area contributed by atoms with E-state index in [0.29, 0.717) is 12.1 Å². The summed E-state index contributed by atoms with van der Waals surface area (Å²) in [5, 5.41) is 3.30. The number of carbonyl (C=O) groups is 1. The monoisotopic (exact) mass is 275 g/mol. The number of amides is 1. The molecular formula is C16H25N3O. The second-order valence-corrected chi connectivity index (χ2v) is 6.26. The highest BCUT2D eigenvalue weighted by Gasteiger charge is 2.30. The minimum absolute atomic E-state index is 0.213. The number of nitrogens with one attached hydrogen (secondary N) is 1. The molecule has 1 aromatic rings. The van der Waals surface area contributed by atoms with Crippen molar-refractivity contribution in [1.82, 2.24) is 14.8 Å². The Kier molecular flexibility index (Phi) is 3.59. The summed E-state index contributed by atoms with van der Waals surface area (Å²) in [5.74, 6) is 0.213. The van der Waals surface area contributed by atoms with E-state index in [1.54, 1.807) is 0 Å². The van der Waals surface area contributed by atoms with Crippen LogP contribution in [0, 0.1) is 13.8 Å². The molecule has 1 aromatic heterocycles. The number of aromatic nitrogens is 1. The van der Waals surface area contributed by atoms with Gasteiger partial charge in [-0.3, -0.25) is 4.79 Å². The van der Waals surface area contributed by atoms with Crippen molar-refractivity contribution >= 4 is 5.91 Å². The molecule has 0 radical (unpaired) electrons. The van der Waals surface area contributed by atoms with Crippen LogP contribution in [0.3, 0.4) is 0 Å². The fourth-order valence-corrected chi connectivity index (χ4v) is 3.46. The Balaban J connectivity index is 1.81. The second kappa shape index (κ2) is 5.24. The third kappa shape index (κ3) is 2.37. The van der Waals surface area contributed by atoms with Crippen molar-refractivity contribution in [2.45, 2.75) is 51.6 Å². The Hall–Kier alpha value is -1.29. The lowest BCUT2D eigenvalue weighted by Crippen LogP contribution is -2.47. The lowest BCUT2D eigenvalue weighted by Gasteiger charge is -2.32. The normalized spacial score (nSPS) is 23.1. The molecule has 110 valence electrons. The van der Waals surface area contributed by atoms with Crippen molar-refractivity contribution < 1.29 is 4.79 Å². The van der Waals surface area contributed by atoms with Gasteiger partial charge >= 0.3 is 0 Å². The van der Waals surface area contributed by atoms with E-state index < -0.39 is 0 Å². The van der Waals surface area contributed by atoms with Crippen LogP contribution < -0.4 is 5.32 Å². The quantitative estimate of drug-likeness (QED) is 0.919. The smallest absolute Gasteiger partial charge is 0.255 e. The van der Waals surface area contributed by atoms with Gasteiger partial charge in [-0.1, -0.05) is 0 Å². The van der Waals surface area contributed by atoms with E-state index in [9.17, 15) is 4.79 Å². The molecule has 20 heavy (non-hydrogen) atoms. The Labute approximate surface area is 121 Å². The zero-order valence-electron chi connectivity index (χ0n) is 12.8. The van der Waals surface area contributed by atoms with Crippen LogP contribution in [0.5, 0.6) is 0 Å². The van der Waals surface area contributed by atoms with Crippen molar-refractivity contribution in [2.75, 3.05) is 20.1 Å². The van der Waals surface area contributed by atoms with Crippen LogP contribution in [-0.4, -0.2) is 41.6 Å². The number of aryl methyl sites for hydroxylation is 1. The number of rotatable bonds is 3. The highest BCUT2D eigenvalue weighted by molar-refractivity contribution is 5.95. The number of hydrogen-bond donors (Lipinski definition) is 1. The first-order valence-corrected chi connectivity index (χ1v) is 7.76. The van der Waals surface area contributed by atoms with Crippen LogP contribution in [0.1, 0.15) is 53.5 Å². The fourth-order valence-electron chi connectivity index (χ4n) is 3.46. The molecule has 2 aliphatic rings. The molecule has 1 saturated carbocycles. The zero-order chi connectivity index (χ0) is 14.3. The van der Waals surface area contributed by atoms with Crippen LogP contribution in [-0.2, 0) is 0 Å². The number of likely N-dealkylation sites (tertiary alicyclic amines) is 1. The molecule has 2 fully saturated rings. The largest absolute Gasteiger partial charge is 0.345 e. The van der Waals surface area contributed by atoms with E-state index in [1.165, 1.54) is 25.0 Å². The number of piperidine rings is 1. The Morgan fingerprint density at radius 3 is 2.70 bits per heavy atom. The molecule has 1 N–H and O–H groups in total. The maximum atomic E-state index is 12.8. The van der Waals surface area contributed by atoms with Crippen molar-refractivity contribution in [3.05, 3.63) is 23.0 Å². The second-order valence-electron chi connectivity index (χ2n) is 6.26. The SMILES string of the molecule is CN[C@H]1CCCN(C(=O)c2cc(C)n(C3CC3)c2C)C1. The summed E-state index contributed by atoms with van der Waals surface area (Å²) < 4.78 is 2.35. The number of nitrogens with zero attached hydrogens (tertiary/aromatic N) is 2. The lowest BCUT2D eigenvalue weighted by atomic mass is 10.0. The first-order valence-electron chi connectivity index (χ1n) is 7.76. The molecule has 2 heterocycles. The van der Waals surface area contributed by atoms with Crippen molar-refractivity contribution in [3.63, 3.8) is 0 Å². The highest BCUT2D eigenvalue weighted by Crippen LogP contribution is 2.38. The van der Waals surface area contributed by atoms with E-state index in [1.807, 2.05) is 11.9 Å². The molecule has 1 aliphatic heterocycles. The van der Waals surface area contributed by atoms with Crippen molar-refractivity contribution in [3.8, 4) is 0 Å². The van der Waals surface area contributed by atoms with Crippen molar-refractivity contribution in [2.24, 2.45) is 0 Å². The first-order chi connectivity index (χ1) is 9.61. The van der Waals surface area contributed by atoms with E-state index in [-0.39, 0.29) is 5.91 Å². The highest BCUT2D eigenvalue weighted by atomic mass is 16.2. The molecule has 1 aliphatic carbocycles. The van der Waals surface area contributed by atoms with Gasteiger partial charge in [0.2, 0.25) is 0 Å². The molecule has 4 heteroatoms. The maximum absolute atomic E-state index is 12.8. The maximum Gasteiger partial charge on any atom is 0.255 e. The summed E-state index contributed by atoms with van der Waals surface area (Å²) in [4.78, 5) is 14.8. The Morgan fingerprint density at radius 2 is 2.05 bits per heavy atom. The van der Waals surface area contributed by atoms with Gasteiger partial charge in [0, 0.05) is 36.6 Å². The van der Waals surface area contributed by atoms with Gasteiger partial charge in [-0.15, -0.1) is 0 Å². The summed E-state index contributed by atoms with van der Waals surface area (Å²) in [6, 6.07) is 3.17. The van der Waals surface area contributed by atoms with E-state index in [4.69, 9.17) is 0 Å². The number of hydrogen-bond acceptors (Lipinski definition) is 2. The summed E-state index contributed by atoms with van der Waals surface area (Å²) in [6.45, 7) is 5.94. The first kappa shape index (κ1) is 13.7. The minimum Gasteiger partial charge on any atom is -0.345 e. The third-order valence-corrected chi connectivity index (χ3v) is 4.74. The van der Waals surface area contributed by atoms with Crippen LogP contribution in [0.2, 0.25) is 0 Å². The lowest BCUT2D eigenvalue weighted by molar-refractivity contribution is 0.0697. The Morgan fingerprint density at radius 1 is 1.30 bits per heavy atom. The van der Waals surface area contributed by atoms with Crippen molar-refractivity contribution in [1.29, 1.82) is 0 Å². The Bertz CT molecular complexity index is 516. The van der Waals surface area contributed by atoms with Gasteiger partial charge in [-0.2, -0.15) is 0 Å². The molecule has 1 atom stereocenters. The molecule has 0 bridgehead atoms. The van der Waals surface area contributed by atoms with Gasteiger partial charge in [0.05, 0.1) is 5.56 Å². The van der Waals surface area contributed by atoms with Crippen LogP contribution >= 0.6 is 0 Å². The predicted octanol–water partition coefficient (Wildman–Crippen LogP) is 2.26. The topological polar surface area (TPSA) is 37.3 Å². The fraction of sp³-hybridized carbons (Fsp3) is 0.688. The van der Waals surface area contributed by atoms with E-state index in [2.05, 4.69) is 29.8 Å². The van der Waals surface area contributed by atoms with Gasteiger partial charge in [0.1, 0.15) is 0 Å². The molecule has 1 saturated heterocycles. The molecule has 1 amide bonds. The van der Waals surface area contributed by atoms with Gasteiger partial charge in [-0.05, 0) is 52.6 Å². The zero-order valence-corrected chi connectivity index (χ0v) is 12.8. The van der Waals surface area contributed by atoms with Gasteiger partial charge in [-0.25, -0.2) is 0 Å². The van der Waals surface area contributed by atoms with Crippen LogP contribution in [0.15, 0.2) is 6.07 Å². The van der Waals surface area contributed by atoms with Crippen LogP contribution in [0.4, 0.5) is 0 Å². The van der Waals surface area contributed by atoms with E-state index >= 15 is 0 Å². The van der Waals surface area contributed by atoms with Gasteiger partial charge in [0.15, 0.2) is 0 Å².